The Labute approximate surface area is 111 Å². The van der Waals surface area contributed by atoms with Crippen LogP contribution in [0.25, 0.3) is 0 Å². The zero-order chi connectivity index (χ0) is 13.5. The Morgan fingerprint density at radius 2 is 1.94 bits per heavy atom. The van der Waals surface area contributed by atoms with Crippen LogP contribution in [0.15, 0.2) is 0 Å². The molecule has 1 atom stereocenters. The molecule has 1 unspecified atom stereocenters. The number of hydrogen-bond acceptors (Lipinski definition) is 3. The molecule has 106 valence electrons. The molecule has 1 saturated carbocycles. The molecule has 0 aromatic heterocycles. The molecule has 0 radical (unpaired) electrons. The van der Waals surface area contributed by atoms with Gasteiger partial charge in [-0.1, -0.05) is 13.3 Å². The SMILES string of the molecule is CCCC(CNC(=O)C1CCC(O)CC1)N(C)C. The quantitative estimate of drug-likeness (QED) is 0.755. The zero-order valence-corrected chi connectivity index (χ0v) is 12.0. The van der Waals surface area contributed by atoms with Crippen LogP contribution in [-0.4, -0.2) is 48.7 Å². The van der Waals surface area contributed by atoms with Crippen molar-refractivity contribution < 1.29 is 9.90 Å². The number of amides is 1. The predicted molar refractivity (Wildman–Crippen MR) is 73.4 cm³/mol. The van der Waals surface area contributed by atoms with Crippen molar-refractivity contribution in [1.82, 2.24) is 10.2 Å². The minimum absolute atomic E-state index is 0.109. The molecule has 4 heteroatoms. The van der Waals surface area contributed by atoms with Crippen LogP contribution < -0.4 is 5.32 Å². The molecule has 1 aliphatic rings. The Bertz CT molecular complexity index is 248. The van der Waals surface area contributed by atoms with E-state index in [1.807, 2.05) is 0 Å². The third-order valence-corrected chi connectivity index (χ3v) is 3.93. The summed E-state index contributed by atoms with van der Waals surface area (Å²) in [6, 6.07) is 0.424. The van der Waals surface area contributed by atoms with Crippen molar-refractivity contribution in [2.45, 2.75) is 57.6 Å². The van der Waals surface area contributed by atoms with Crippen LogP contribution in [0.5, 0.6) is 0 Å². The maximum Gasteiger partial charge on any atom is 0.223 e. The topological polar surface area (TPSA) is 52.6 Å². The van der Waals surface area contributed by atoms with Crippen molar-refractivity contribution in [2.75, 3.05) is 20.6 Å². The van der Waals surface area contributed by atoms with Gasteiger partial charge in [0.1, 0.15) is 0 Å². The second kappa shape index (κ2) is 7.74. The highest BCUT2D eigenvalue weighted by atomic mass is 16.3. The van der Waals surface area contributed by atoms with Gasteiger partial charge in [0.2, 0.25) is 5.91 Å². The third kappa shape index (κ3) is 4.94. The van der Waals surface area contributed by atoms with Gasteiger partial charge in [0.15, 0.2) is 0 Å². The lowest BCUT2D eigenvalue weighted by atomic mass is 9.87. The van der Waals surface area contributed by atoms with Crippen molar-refractivity contribution >= 4 is 5.91 Å². The minimum Gasteiger partial charge on any atom is -0.393 e. The number of likely N-dealkylation sites (N-methyl/N-ethyl adjacent to an activating group) is 1. The number of nitrogens with one attached hydrogen (secondary N) is 1. The van der Waals surface area contributed by atoms with Crippen molar-refractivity contribution in [3.8, 4) is 0 Å². The fourth-order valence-corrected chi connectivity index (χ4v) is 2.58. The lowest BCUT2D eigenvalue weighted by molar-refractivity contribution is -0.126. The lowest BCUT2D eigenvalue weighted by Gasteiger charge is -2.27. The molecule has 1 fully saturated rings. The second-order valence-corrected chi connectivity index (χ2v) is 5.66. The second-order valence-electron chi connectivity index (χ2n) is 5.66. The first-order valence-corrected chi connectivity index (χ1v) is 7.16. The molecule has 0 aromatic carbocycles. The molecule has 1 rings (SSSR count). The maximum absolute atomic E-state index is 12.0. The molecule has 0 heterocycles. The number of aliphatic hydroxyl groups is 1. The molecular formula is C14H28N2O2. The van der Waals surface area contributed by atoms with Gasteiger partial charge in [-0.25, -0.2) is 0 Å². The highest BCUT2D eigenvalue weighted by molar-refractivity contribution is 5.78. The summed E-state index contributed by atoms with van der Waals surface area (Å²) in [7, 11) is 4.12. The monoisotopic (exact) mass is 256 g/mol. The van der Waals surface area contributed by atoms with Gasteiger partial charge in [0, 0.05) is 18.5 Å². The molecule has 4 nitrogen and oxygen atoms in total. The van der Waals surface area contributed by atoms with Crippen LogP contribution in [0.3, 0.4) is 0 Å². The Kier molecular flexibility index (Phi) is 6.65. The molecule has 0 aromatic rings. The van der Waals surface area contributed by atoms with E-state index in [1.165, 1.54) is 0 Å². The standard InChI is InChI=1S/C14H28N2O2/c1-4-5-12(16(2)3)10-15-14(18)11-6-8-13(17)9-7-11/h11-13,17H,4-10H2,1-3H3,(H,15,18). The summed E-state index contributed by atoms with van der Waals surface area (Å²) in [4.78, 5) is 14.2. The van der Waals surface area contributed by atoms with Crippen molar-refractivity contribution in [3.05, 3.63) is 0 Å². The average molecular weight is 256 g/mol. The molecule has 0 aliphatic heterocycles. The van der Waals surface area contributed by atoms with Gasteiger partial charge in [-0.15, -0.1) is 0 Å². The Morgan fingerprint density at radius 1 is 1.33 bits per heavy atom. The molecule has 0 spiro atoms. The van der Waals surface area contributed by atoms with E-state index < -0.39 is 0 Å². The first-order chi connectivity index (χ1) is 8.54. The third-order valence-electron chi connectivity index (χ3n) is 3.93. The van der Waals surface area contributed by atoms with Crippen molar-refractivity contribution in [2.24, 2.45) is 5.92 Å². The first kappa shape index (κ1) is 15.4. The van der Waals surface area contributed by atoms with Gasteiger partial charge < -0.3 is 15.3 Å². The fraction of sp³-hybridized carbons (Fsp3) is 0.929. The van der Waals surface area contributed by atoms with E-state index >= 15 is 0 Å². The van der Waals surface area contributed by atoms with Crippen molar-refractivity contribution in [3.63, 3.8) is 0 Å². The summed E-state index contributed by atoms with van der Waals surface area (Å²) in [5, 5.41) is 12.5. The molecule has 1 amide bonds. The smallest absolute Gasteiger partial charge is 0.223 e. The van der Waals surface area contributed by atoms with Crippen LogP contribution >= 0.6 is 0 Å². The van der Waals surface area contributed by atoms with Gasteiger partial charge >= 0.3 is 0 Å². The summed E-state index contributed by atoms with van der Waals surface area (Å²) in [6.07, 6.45) is 5.24. The Morgan fingerprint density at radius 3 is 2.44 bits per heavy atom. The van der Waals surface area contributed by atoms with E-state index in [0.29, 0.717) is 6.04 Å². The molecular weight excluding hydrogens is 228 g/mol. The van der Waals surface area contributed by atoms with E-state index in [-0.39, 0.29) is 17.9 Å². The first-order valence-electron chi connectivity index (χ1n) is 7.16. The van der Waals surface area contributed by atoms with Gasteiger partial charge in [0.25, 0.3) is 0 Å². The zero-order valence-electron chi connectivity index (χ0n) is 12.0. The summed E-state index contributed by atoms with van der Waals surface area (Å²) < 4.78 is 0. The van der Waals surface area contributed by atoms with Gasteiger partial charge in [-0.05, 0) is 46.2 Å². The number of nitrogens with zero attached hydrogens (tertiary/aromatic N) is 1. The maximum atomic E-state index is 12.0. The van der Waals surface area contributed by atoms with E-state index in [2.05, 4.69) is 31.2 Å². The Hall–Kier alpha value is -0.610. The molecule has 2 N–H and O–H groups in total. The van der Waals surface area contributed by atoms with E-state index in [9.17, 15) is 9.90 Å². The van der Waals surface area contributed by atoms with Gasteiger partial charge in [-0.3, -0.25) is 4.79 Å². The number of carbonyl (C=O) groups is 1. The summed E-state index contributed by atoms with van der Waals surface area (Å²) in [5.41, 5.74) is 0. The van der Waals surface area contributed by atoms with Crippen molar-refractivity contribution in [1.29, 1.82) is 0 Å². The average Bonchev–Trinajstić information content (AvgIpc) is 2.34. The van der Waals surface area contributed by atoms with E-state index in [4.69, 9.17) is 0 Å². The molecule has 1 aliphatic carbocycles. The van der Waals surface area contributed by atoms with Crippen LogP contribution in [0.2, 0.25) is 0 Å². The predicted octanol–water partition coefficient (Wildman–Crippen LogP) is 1.38. The van der Waals surface area contributed by atoms with Crippen LogP contribution in [0.4, 0.5) is 0 Å². The van der Waals surface area contributed by atoms with Crippen LogP contribution in [-0.2, 0) is 4.79 Å². The minimum atomic E-state index is -0.191. The summed E-state index contributed by atoms with van der Waals surface area (Å²) in [6.45, 7) is 2.90. The van der Waals surface area contributed by atoms with Gasteiger partial charge in [-0.2, -0.15) is 0 Å². The number of rotatable bonds is 6. The largest absolute Gasteiger partial charge is 0.393 e. The number of aliphatic hydroxyl groups excluding tert-OH is 1. The van der Waals surface area contributed by atoms with Crippen LogP contribution in [0, 0.1) is 5.92 Å². The molecule has 0 saturated heterocycles. The summed E-state index contributed by atoms with van der Waals surface area (Å²) >= 11 is 0. The highest BCUT2D eigenvalue weighted by Crippen LogP contribution is 2.24. The molecule has 18 heavy (non-hydrogen) atoms. The summed E-state index contributed by atoms with van der Waals surface area (Å²) in [5.74, 6) is 0.280. The number of carbonyl (C=O) groups excluding carboxylic acids is 1. The van der Waals surface area contributed by atoms with Crippen LogP contribution in [0.1, 0.15) is 45.4 Å². The normalized spacial score (nSPS) is 26.1. The van der Waals surface area contributed by atoms with E-state index in [0.717, 1.165) is 45.1 Å². The fourth-order valence-electron chi connectivity index (χ4n) is 2.58. The highest BCUT2D eigenvalue weighted by Gasteiger charge is 2.25. The number of hydrogen-bond donors (Lipinski definition) is 2. The molecule has 0 bridgehead atoms. The van der Waals surface area contributed by atoms with E-state index in [1.54, 1.807) is 0 Å². The Balaban J connectivity index is 2.31. The lowest BCUT2D eigenvalue weighted by Crippen LogP contribution is -2.43. The van der Waals surface area contributed by atoms with Gasteiger partial charge in [0.05, 0.1) is 6.10 Å².